The molecule has 1 aromatic heterocycles. The Hall–Kier alpha value is -3.73. The largest absolute Gasteiger partial charge is 0.361 e. The summed E-state index contributed by atoms with van der Waals surface area (Å²) >= 11 is 0. The van der Waals surface area contributed by atoms with E-state index >= 15 is 0 Å². The summed E-state index contributed by atoms with van der Waals surface area (Å²) < 4.78 is 32.3. The fourth-order valence-electron chi connectivity index (χ4n) is 2.69. The van der Waals surface area contributed by atoms with Crippen LogP contribution in [0.3, 0.4) is 0 Å². The van der Waals surface area contributed by atoms with Gasteiger partial charge in [0.1, 0.15) is 5.76 Å². The van der Waals surface area contributed by atoms with E-state index in [9.17, 15) is 23.3 Å². The molecule has 0 saturated heterocycles. The molecule has 30 heavy (non-hydrogen) atoms. The summed E-state index contributed by atoms with van der Waals surface area (Å²) in [5.41, 5.74) is 1.70. The van der Waals surface area contributed by atoms with Crippen molar-refractivity contribution in [2.45, 2.75) is 25.3 Å². The Balaban J connectivity index is 1.68. The lowest BCUT2D eigenvalue weighted by atomic mass is 10.1. The third kappa shape index (κ3) is 4.63. The van der Waals surface area contributed by atoms with Gasteiger partial charge in [-0.1, -0.05) is 11.2 Å². The SMILES string of the molecule is Cc1noc(C)c1CNC(=O)c1ccc(NS(=O)(=O)c2cccc([N+](=O)[O-])c2)cc1. The van der Waals surface area contributed by atoms with Crippen molar-refractivity contribution in [3.63, 3.8) is 0 Å². The van der Waals surface area contributed by atoms with Crippen molar-refractivity contribution in [2.24, 2.45) is 0 Å². The molecule has 0 spiro atoms. The highest BCUT2D eigenvalue weighted by molar-refractivity contribution is 7.92. The highest BCUT2D eigenvalue weighted by Crippen LogP contribution is 2.21. The van der Waals surface area contributed by atoms with Gasteiger partial charge in [0.05, 0.1) is 15.5 Å². The highest BCUT2D eigenvalue weighted by atomic mass is 32.2. The first-order chi connectivity index (χ1) is 14.2. The predicted octanol–water partition coefficient (Wildman–Crippen LogP) is 2.93. The maximum absolute atomic E-state index is 12.5. The number of carbonyl (C=O) groups is 1. The number of sulfonamides is 1. The van der Waals surface area contributed by atoms with Crippen LogP contribution in [0.2, 0.25) is 0 Å². The summed E-state index contributed by atoms with van der Waals surface area (Å²) in [6, 6.07) is 10.5. The van der Waals surface area contributed by atoms with Crippen molar-refractivity contribution in [2.75, 3.05) is 4.72 Å². The van der Waals surface area contributed by atoms with Crippen molar-refractivity contribution in [3.8, 4) is 0 Å². The van der Waals surface area contributed by atoms with E-state index in [-0.39, 0.29) is 28.7 Å². The first kappa shape index (κ1) is 21.0. The summed E-state index contributed by atoms with van der Waals surface area (Å²) in [5.74, 6) is 0.279. The van der Waals surface area contributed by atoms with Gasteiger partial charge in [0.2, 0.25) is 0 Å². The van der Waals surface area contributed by atoms with Crippen LogP contribution in [0.25, 0.3) is 0 Å². The van der Waals surface area contributed by atoms with Gasteiger partial charge in [-0.15, -0.1) is 0 Å². The topological polar surface area (TPSA) is 144 Å². The average molecular weight is 430 g/mol. The maximum Gasteiger partial charge on any atom is 0.270 e. The number of hydrogen-bond acceptors (Lipinski definition) is 7. The van der Waals surface area contributed by atoms with Crippen LogP contribution in [-0.4, -0.2) is 24.4 Å². The zero-order valence-corrected chi connectivity index (χ0v) is 16.9. The van der Waals surface area contributed by atoms with E-state index in [4.69, 9.17) is 4.52 Å². The summed E-state index contributed by atoms with van der Waals surface area (Å²) in [6.07, 6.45) is 0. The first-order valence-corrected chi connectivity index (χ1v) is 10.2. The predicted molar refractivity (Wildman–Crippen MR) is 107 cm³/mol. The molecule has 11 heteroatoms. The van der Waals surface area contributed by atoms with Crippen LogP contribution in [0.1, 0.15) is 27.4 Å². The molecule has 3 rings (SSSR count). The number of aromatic nitrogens is 1. The number of nitro benzene ring substituents is 1. The molecule has 10 nitrogen and oxygen atoms in total. The Kier molecular flexibility index (Phi) is 5.83. The molecule has 0 atom stereocenters. The molecule has 3 aromatic rings. The quantitative estimate of drug-likeness (QED) is 0.433. The van der Waals surface area contributed by atoms with Crippen molar-refractivity contribution in [1.82, 2.24) is 10.5 Å². The number of amides is 1. The van der Waals surface area contributed by atoms with E-state index in [0.717, 1.165) is 11.6 Å². The van der Waals surface area contributed by atoms with Crippen LogP contribution in [0.4, 0.5) is 11.4 Å². The number of nitrogens with one attached hydrogen (secondary N) is 2. The number of hydrogen-bond donors (Lipinski definition) is 2. The normalized spacial score (nSPS) is 11.1. The fourth-order valence-corrected chi connectivity index (χ4v) is 3.79. The van der Waals surface area contributed by atoms with Gasteiger partial charge in [0.15, 0.2) is 0 Å². The average Bonchev–Trinajstić information content (AvgIpc) is 3.04. The molecule has 0 aliphatic rings. The molecule has 1 heterocycles. The fraction of sp³-hybridized carbons (Fsp3) is 0.158. The second kappa shape index (κ2) is 8.33. The van der Waals surface area contributed by atoms with E-state index in [0.29, 0.717) is 17.0 Å². The smallest absolute Gasteiger partial charge is 0.270 e. The number of carbonyl (C=O) groups excluding carboxylic acids is 1. The molecular formula is C19H18N4O6S. The van der Waals surface area contributed by atoms with Gasteiger partial charge in [-0.2, -0.15) is 0 Å². The lowest BCUT2D eigenvalue weighted by molar-refractivity contribution is -0.385. The highest BCUT2D eigenvalue weighted by Gasteiger charge is 2.18. The molecule has 0 unspecified atom stereocenters. The van der Waals surface area contributed by atoms with Gasteiger partial charge in [-0.3, -0.25) is 19.6 Å². The Bertz CT molecular complexity index is 1180. The van der Waals surface area contributed by atoms with Gasteiger partial charge >= 0.3 is 0 Å². The third-order valence-electron chi connectivity index (χ3n) is 4.34. The molecule has 0 bridgehead atoms. The van der Waals surface area contributed by atoms with Gasteiger partial charge in [0, 0.05) is 35.5 Å². The lowest BCUT2D eigenvalue weighted by Gasteiger charge is -2.09. The molecule has 2 aromatic carbocycles. The van der Waals surface area contributed by atoms with Crippen LogP contribution in [0.15, 0.2) is 57.9 Å². The Labute approximate surface area is 172 Å². The molecule has 0 aliphatic carbocycles. The number of rotatable bonds is 7. The van der Waals surface area contributed by atoms with Gasteiger partial charge in [-0.05, 0) is 44.2 Å². The number of nitrogens with zero attached hydrogens (tertiary/aromatic N) is 2. The van der Waals surface area contributed by atoms with Crippen molar-refractivity contribution in [1.29, 1.82) is 0 Å². The standard InChI is InChI=1S/C19H18N4O6S/c1-12-18(13(2)29-21-12)11-20-19(24)14-6-8-15(9-7-14)22-30(27,28)17-5-3-4-16(10-17)23(25)26/h3-10,22H,11H2,1-2H3,(H,20,24). The molecular weight excluding hydrogens is 412 g/mol. The Morgan fingerprint density at radius 3 is 2.47 bits per heavy atom. The minimum atomic E-state index is -4.02. The van der Waals surface area contributed by atoms with Gasteiger partial charge in [-0.25, -0.2) is 8.42 Å². The van der Waals surface area contributed by atoms with E-state index in [1.807, 2.05) is 0 Å². The minimum absolute atomic E-state index is 0.212. The van der Waals surface area contributed by atoms with Crippen LogP contribution >= 0.6 is 0 Å². The number of non-ortho nitro benzene ring substituents is 1. The van der Waals surface area contributed by atoms with Gasteiger partial charge in [0.25, 0.3) is 21.6 Å². The second-order valence-corrected chi connectivity index (χ2v) is 8.11. The lowest BCUT2D eigenvalue weighted by Crippen LogP contribution is -2.23. The van der Waals surface area contributed by atoms with Crippen molar-refractivity contribution in [3.05, 3.63) is 81.2 Å². The summed E-state index contributed by atoms with van der Waals surface area (Å²) in [5, 5.41) is 17.4. The molecule has 1 amide bonds. The molecule has 0 fully saturated rings. The molecule has 156 valence electrons. The van der Waals surface area contributed by atoms with E-state index in [2.05, 4.69) is 15.2 Å². The number of anilines is 1. The number of aryl methyl sites for hydroxylation is 2. The van der Waals surface area contributed by atoms with Crippen molar-refractivity contribution < 1.29 is 22.7 Å². The van der Waals surface area contributed by atoms with E-state index in [1.54, 1.807) is 13.8 Å². The molecule has 2 N–H and O–H groups in total. The van der Waals surface area contributed by atoms with Gasteiger partial charge < -0.3 is 9.84 Å². The van der Waals surface area contributed by atoms with Crippen LogP contribution in [-0.2, 0) is 16.6 Å². The number of nitro groups is 1. The van der Waals surface area contributed by atoms with E-state index in [1.165, 1.54) is 42.5 Å². The Morgan fingerprint density at radius 1 is 1.17 bits per heavy atom. The minimum Gasteiger partial charge on any atom is -0.361 e. The van der Waals surface area contributed by atoms with Crippen LogP contribution in [0.5, 0.6) is 0 Å². The summed E-state index contributed by atoms with van der Waals surface area (Å²) in [7, 11) is -4.02. The van der Waals surface area contributed by atoms with Crippen molar-refractivity contribution >= 4 is 27.3 Å². The number of benzene rings is 2. The Morgan fingerprint density at radius 2 is 1.87 bits per heavy atom. The van der Waals surface area contributed by atoms with Crippen LogP contribution < -0.4 is 10.0 Å². The summed E-state index contributed by atoms with van der Waals surface area (Å²) in [4.78, 5) is 22.3. The molecule has 0 saturated carbocycles. The maximum atomic E-state index is 12.5. The molecule has 0 aliphatic heterocycles. The monoisotopic (exact) mass is 430 g/mol. The van der Waals surface area contributed by atoms with Crippen LogP contribution in [0, 0.1) is 24.0 Å². The zero-order chi connectivity index (χ0) is 21.9. The second-order valence-electron chi connectivity index (χ2n) is 6.42. The third-order valence-corrected chi connectivity index (χ3v) is 5.72. The summed E-state index contributed by atoms with van der Waals surface area (Å²) in [6.45, 7) is 3.78. The zero-order valence-electron chi connectivity index (χ0n) is 16.1. The molecule has 0 radical (unpaired) electrons. The first-order valence-electron chi connectivity index (χ1n) is 8.74. The van der Waals surface area contributed by atoms with E-state index < -0.39 is 14.9 Å².